The van der Waals surface area contributed by atoms with Gasteiger partial charge >= 0.3 is 0 Å². The minimum absolute atomic E-state index is 0.646. The molecule has 0 aromatic heterocycles. The molecule has 106 valence electrons. The molecule has 2 aromatic carbocycles. The van der Waals surface area contributed by atoms with Gasteiger partial charge in [0.15, 0.2) is 0 Å². The highest BCUT2D eigenvalue weighted by Crippen LogP contribution is 2.16. The molecule has 0 atom stereocenters. The summed E-state index contributed by atoms with van der Waals surface area (Å²) in [5, 5.41) is 4.13. The minimum atomic E-state index is 0.646. The van der Waals surface area contributed by atoms with E-state index >= 15 is 0 Å². The normalized spacial score (nSPS) is 10.6. The highest BCUT2D eigenvalue weighted by molar-refractivity contribution is 6.31. The number of hydrogen-bond donors (Lipinski definition) is 1. The minimum Gasteiger partial charge on any atom is -0.492 e. The quantitative estimate of drug-likeness (QED) is 0.808. The van der Waals surface area contributed by atoms with Gasteiger partial charge in [-0.15, -0.1) is 0 Å². The van der Waals surface area contributed by atoms with Crippen molar-refractivity contribution in [2.75, 3.05) is 13.2 Å². The second kappa shape index (κ2) is 7.32. The van der Waals surface area contributed by atoms with Crippen LogP contribution in [0, 0.1) is 13.8 Å². The summed E-state index contributed by atoms with van der Waals surface area (Å²) in [6.45, 7) is 6.35. The molecule has 2 rings (SSSR count). The lowest BCUT2D eigenvalue weighted by Crippen LogP contribution is -2.20. The predicted octanol–water partition coefficient (Wildman–Crippen LogP) is 4.13. The van der Waals surface area contributed by atoms with Crippen molar-refractivity contribution in [2.45, 2.75) is 20.4 Å². The molecular weight excluding hydrogens is 270 g/mol. The number of aryl methyl sites for hydroxylation is 2. The average molecular weight is 290 g/mol. The molecule has 0 aliphatic rings. The molecule has 0 radical (unpaired) electrons. The van der Waals surface area contributed by atoms with E-state index in [1.54, 1.807) is 0 Å². The van der Waals surface area contributed by atoms with Gasteiger partial charge in [-0.3, -0.25) is 0 Å². The fourth-order valence-electron chi connectivity index (χ4n) is 2.12. The number of hydrogen-bond acceptors (Lipinski definition) is 2. The summed E-state index contributed by atoms with van der Waals surface area (Å²) < 4.78 is 5.74. The summed E-state index contributed by atoms with van der Waals surface area (Å²) in [4.78, 5) is 0. The Morgan fingerprint density at radius 3 is 2.45 bits per heavy atom. The van der Waals surface area contributed by atoms with Gasteiger partial charge in [0, 0.05) is 18.1 Å². The van der Waals surface area contributed by atoms with Crippen LogP contribution in [0.3, 0.4) is 0 Å². The Morgan fingerprint density at radius 1 is 1.05 bits per heavy atom. The van der Waals surface area contributed by atoms with Crippen LogP contribution >= 0.6 is 11.6 Å². The second-order valence-electron chi connectivity index (χ2n) is 4.94. The van der Waals surface area contributed by atoms with Crippen LogP contribution in [0.15, 0.2) is 42.5 Å². The SMILES string of the molecule is Cc1cc(C)cc(OCCNCc2ccccc2Cl)c1. The van der Waals surface area contributed by atoms with E-state index in [0.29, 0.717) is 6.61 Å². The first-order valence-corrected chi connectivity index (χ1v) is 7.18. The van der Waals surface area contributed by atoms with Crippen molar-refractivity contribution < 1.29 is 4.74 Å². The van der Waals surface area contributed by atoms with Crippen LogP contribution in [0.5, 0.6) is 5.75 Å². The molecule has 0 fully saturated rings. The van der Waals surface area contributed by atoms with Crippen molar-refractivity contribution in [3.05, 3.63) is 64.2 Å². The van der Waals surface area contributed by atoms with E-state index in [-0.39, 0.29) is 0 Å². The summed E-state index contributed by atoms with van der Waals surface area (Å²) >= 11 is 6.10. The van der Waals surface area contributed by atoms with Gasteiger partial charge < -0.3 is 10.1 Å². The summed E-state index contributed by atoms with van der Waals surface area (Å²) in [6, 6.07) is 14.1. The number of nitrogens with one attached hydrogen (secondary N) is 1. The molecule has 0 saturated heterocycles. The maximum atomic E-state index is 6.10. The molecule has 0 spiro atoms. The number of halogens is 1. The number of benzene rings is 2. The van der Waals surface area contributed by atoms with E-state index in [4.69, 9.17) is 16.3 Å². The van der Waals surface area contributed by atoms with Crippen LogP contribution in [0.1, 0.15) is 16.7 Å². The van der Waals surface area contributed by atoms with Crippen molar-refractivity contribution in [1.82, 2.24) is 5.32 Å². The number of ether oxygens (including phenoxy) is 1. The molecule has 0 saturated carbocycles. The van der Waals surface area contributed by atoms with Gasteiger partial charge in [-0.2, -0.15) is 0 Å². The molecule has 0 aliphatic carbocycles. The van der Waals surface area contributed by atoms with Crippen LogP contribution in [0.25, 0.3) is 0 Å². The largest absolute Gasteiger partial charge is 0.492 e. The molecule has 3 heteroatoms. The number of rotatable bonds is 6. The zero-order valence-electron chi connectivity index (χ0n) is 11.9. The summed E-state index contributed by atoms with van der Waals surface area (Å²) in [5.74, 6) is 0.932. The van der Waals surface area contributed by atoms with Crippen LogP contribution < -0.4 is 10.1 Å². The van der Waals surface area contributed by atoms with E-state index in [1.165, 1.54) is 11.1 Å². The molecule has 20 heavy (non-hydrogen) atoms. The lowest BCUT2D eigenvalue weighted by atomic mass is 10.1. The zero-order chi connectivity index (χ0) is 14.4. The third-order valence-electron chi connectivity index (χ3n) is 3.02. The van der Waals surface area contributed by atoms with Crippen molar-refractivity contribution in [3.8, 4) is 5.75 Å². The van der Waals surface area contributed by atoms with Crippen LogP contribution in [-0.2, 0) is 6.54 Å². The topological polar surface area (TPSA) is 21.3 Å². The monoisotopic (exact) mass is 289 g/mol. The van der Waals surface area contributed by atoms with Crippen molar-refractivity contribution in [1.29, 1.82) is 0 Å². The van der Waals surface area contributed by atoms with E-state index < -0.39 is 0 Å². The standard InChI is InChI=1S/C17H20ClNO/c1-13-9-14(2)11-16(10-13)20-8-7-19-12-15-5-3-4-6-17(15)18/h3-6,9-11,19H,7-8,12H2,1-2H3. The van der Waals surface area contributed by atoms with Gasteiger partial charge in [0.05, 0.1) is 0 Å². The Balaban J connectivity index is 1.73. The van der Waals surface area contributed by atoms with Crippen LogP contribution in [-0.4, -0.2) is 13.2 Å². The van der Waals surface area contributed by atoms with Crippen molar-refractivity contribution in [3.63, 3.8) is 0 Å². The van der Waals surface area contributed by atoms with Crippen molar-refractivity contribution in [2.24, 2.45) is 0 Å². The van der Waals surface area contributed by atoms with Crippen LogP contribution in [0.2, 0.25) is 5.02 Å². The first-order valence-electron chi connectivity index (χ1n) is 6.80. The fraction of sp³-hybridized carbons (Fsp3) is 0.294. The highest BCUT2D eigenvalue weighted by atomic mass is 35.5. The molecule has 1 N–H and O–H groups in total. The Kier molecular flexibility index (Phi) is 5.45. The van der Waals surface area contributed by atoms with E-state index in [1.807, 2.05) is 24.3 Å². The smallest absolute Gasteiger partial charge is 0.119 e. The molecule has 0 heterocycles. The highest BCUT2D eigenvalue weighted by Gasteiger charge is 1.99. The predicted molar refractivity (Wildman–Crippen MR) is 84.6 cm³/mol. The van der Waals surface area contributed by atoms with Crippen molar-refractivity contribution >= 4 is 11.6 Å². The molecule has 2 nitrogen and oxygen atoms in total. The van der Waals surface area contributed by atoms with Gasteiger partial charge in [0.1, 0.15) is 12.4 Å². The second-order valence-corrected chi connectivity index (χ2v) is 5.35. The Hall–Kier alpha value is -1.51. The molecule has 0 unspecified atom stereocenters. The zero-order valence-corrected chi connectivity index (χ0v) is 12.7. The van der Waals surface area contributed by atoms with Gasteiger partial charge in [-0.25, -0.2) is 0 Å². The van der Waals surface area contributed by atoms with E-state index in [0.717, 1.165) is 29.4 Å². The lowest BCUT2D eigenvalue weighted by Gasteiger charge is -2.10. The maximum absolute atomic E-state index is 6.10. The van der Waals surface area contributed by atoms with Gasteiger partial charge in [-0.1, -0.05) is 35.9 Å². The maximum Gasteiger partial charge on any atom is 0.119 e. The van der Waals surface area contributed by atoms with Gasteiger partial charge in [0.25, 0.3) is 0 Å². The molecule has 2 aromatic rings. The lowest BCUT2D eigenvalue weighted by molar-refractivity contribution is 0.313. The summed E-state index contributed by atoms with van der Waals surface area (Å²) in [6.07, 6.45) is 0. The summed E-state index contributed by atoms with van der Waals surface area (Å²) in [7, 11) is 0. The molecule has 0 bridgehead atoms. The average Bonchev–Trinajstić information content (AvgIpc) is 2.39. The first-order chi connectivity index (χ1) is 9.65. The van der Waals surface area contributed by atoms with Gasteiger partial charge in [-0.05, 0) is 48.7 Å². The first kappa shape index (κ1) is 14.9. The third-order valence-corrected chi connectivity index (χ3v) is 3.38. The molecular formula is C17H20ClNO. The molecule has 0 aliphatic heterocycles. The third kappa shape index (κ3) is 4.55. The Bertz CT molecular complexity index is 548. The van der Waals surface area contributed by atoms with Gasteiger partial charge in [0.2, 0.25) is 0 Å². The van der Waals surface area contributed by atoms with E-state index in [9.17, 15) is 0 Å². The fourth-order valence-corrected chi connectivity index (χ4v) is 2.32. The Morgan fingerprint density at radius 2 is 1.75 bits per heavy atom. The summed E-state index contributed by atoms with van der Waals surface area (Å²) in [5.41, 5.74) is 3.56. The Labute approximate surface area is 125 Å². The molecule has 0 amide bonds. The van der Waals surface area contributed by atoms with E-state index in [2.05, 4.69) is 37.4 Å². The van der Waals surface area contributed by atoms with Crippen LogP contribution in [0.4, 0.5) is 0 Å².